The first-order chi connectivity index (χ1) is 8.15. The standard InChI is InChI=1S/C13H8FO3/c14-10-2-1-3-12(8-10)17-11-6-4-9(5-7-11)13(15)16/h1-8H. The zero-order valence-electron chi connectivity index (χ0n) is 8.72. The van der Waals surface area contributed by atoms with Gasteiger partial charge in [-0.25, -0.2) is 14.3 Å². The van der Waals surface area contributed by atoms with Gasteiger partial charge in [-0.3, -0.25) is 0 Å². The molecule has 2 aromatic carbocycles. The predicted octanol–water partition coefficient (Wildman–Crippen LogP) is 3.19. The maximum atomic E-state index is 12.9. The molecule has 0 N–H and O–H groups in total. The van der Waals surface area contributed by atoms with Crippen molar-refractivity contribution in [3.8, 4) is 11.5 Å². The highest BCUT2D eigenvalue weighted by Gasteiger charge is 2.05. The molecule has 0 saturated heterocycles. The molecule has 2 rings (SSSR count). The Bertz CT molecular complexity index is 535. The van der Waals surface area contributed by atoms with E-state index >= 15 is 0 Å². The van der Waals surface area contributed by atoms with Crippen LogP contribution in [0.2, 0.25) is 0 Å². The van der Waals surface area contributed by atoms with E-state index in [-0.39, 0.29) is 5.56 Å². The van der Waals surface area contributed by atoms with Gasteiger partial charge in [-0.05, 0) is 36.4 Å². The number of rotatable bonds is 3. The van der Waals surface area contributed by atoms with Gasteiger partial charge in [-0.15, -0.1) is 0 Å². The van der Waals surface area contributed by atoms with Gasteiger partial charge in [0.15, 0.2) is 0 Å². The maximum Gasteiger partial charge on any atom is 0.386 e. The minimum absolute atomic E-state index is 0.0663. The zero-order valence-corrected chi connectivity index (χ0v) is 8.72. The van der Waals surface area contributed by atoms with Crippen LogP contribution in [0.4, 0.5) is 4.39 Å². The van der Waals surface area contributed by atoms with Gasteiger partial charge in [0.05, 0.1) is 5.56 Å². The molecule has 17 heavy (non-hydrogen) atoms. The normalized spacial score (nSPS) is 9.94. The molecule has 0 fully saturated rings. The Kier molecular flexibility index (Phi) is 3.05. The van der Waals surface area contributed by atoms with Crippen LogP contribution >= 0.6 is 0 Å². The van der Waals surface area contributed by atoms with Gasteiger partial charge in [-0.1, -0.05) is 6.07 Å². The lowest BCUT2D eigenvalue weighted by Gasteiger charge is -2.05. The van der Waals surface area contributed by atoms with Gasteiger partial charge in [0.1, 0.15) is 17.3 Å². The van der Waals surface area contributed by atoms with E-state index in [0.717, 1.165) is 0 Å². The quantitative estimate of drug-likeness (QED) is 0.814. The molecule has 0 heterocycles. The van der Waals surface area contributed by atoms with Crippen molar-refractivity contribution >= 4 is 5.97 Å². The second kappa shape index (κ2) is 4.65. The van der Waals surface area contributed by atoms with Crippen LogP contribution in [0, 0.1) is 5.82 Å². The van der Waals surface area contributed by atoms with Crippen molar-refractivity contribution in [3.05, 3.63) is 59.9 Å². The highest BCUT2D eigenvalue weighted by molar-refractivity contribution is 5.87. The van der Waals surface area contributed by atoms with Crippen molar-refractivity contribution < 1.29 is 19.0 Å². The monoisotopic (exact) mass is 231 g/mol. The molecule has 0 aliphatic carbocycles. The fraction of sp³-hybridized carbons (Fsp3) is 0. The van der Waals surface area contributed by atoms with E-state index in [9.17, 15) is 14.3 Å². The van der Waals surface area contributed by atoms with Gasteiger partial charge in [0.25, 0.3) is 0 Å². The van der Waals surface area contributed by atoms with Gasteiger partial charge < -0.3 is 4.74 Å². The first kappa shape index (κ1) is 11.1. The maximum absolute atomic E-state index is 12.9. The van der Waals surface area contributed by atoms with Gasteiger partial charge in [0.2, 0.25) is 0 Å². The topological polar surface area (TPSA) is 46.2 Å². The summed E-state index contributed by atoms with van der Waals surface area (Å²) in [4.78, 5) is 10.5. The summed E-state index contributed by atoms with van der Waals surface area (Å²) in [7, 11) is 0. The van der Waals surface area contributed by atoms with Gasteiger partial charge >= 0.3 is 5.97 Å². The first-order valence-electron chi connectivity index (χ1n) is 4.90. The number of carbonyl (C=O) groups is 1. The second-order valence-corrected chi connectivity index (χ2v) is 3.37. The van der Waals surface area contributed by atoms with Crippen molar-refractivity contribution in [3.63, 3.8) is 0 Å². The van der Waals surface area contributed by atoms with E-state index in [1.807, 2.05) is 0 Å². The SMILES string of the molecule is [O]C(=O)c1ccc(Oc2cccc(F)c2)cc1. The smallest absolute Gasteiger partial charge is 0.386 e. The summed E-state index contributed by atoms with van der Waals surface area (Å²) in [5, 5.41) is 10.5. The molecule has 0 aliphatic heterocycles. The minimum Gasteiger partial charge on any atom is -0.457 e. The lowest BCUT2D eigenvalue weighted by atomic mass is 10.2. The molecule has 0 amide bonds. The third kappa shape index (κ3) is 2.81. The highest BCUT2D eigenvalue weighted by Crippen LogP contribution is 2.22. The average Bonchev–Trinajstić information content (AvgIpc) is 2.29. The molecule has 1 radical (unpaired) electrons. The minimum atomic E-state index is -1.25. The summed E-state index contributed by atoms with van der Waals surface area (Å²) >= 11 is 0. The second-order valence-electron chi connectivity index (χ2n) is 3.37. The molecule has 0 aromatic heterocycles. The third-order valence-corrected chi connectivity index (χ3v) is 2.12. The van der Waals surface area contributed by atoms with Crippen molar-refractivity contribution in [2.24, 2.45) is 0 Å². The van der Waals surface area contributed by atoms with Crippen molar-refractivity contribution in [2.45, 2.75) is 0 Å². The van der Waals surface area contributed by atoms with Gasteiger partial charge in [0, 0.05) is 6.07 Å². The number of halogens is 1. The van der Waals surface area contributed by atoms with Crippen LogP contribution in [-0.4, -0.2) is 5.97 Å². The number of hydrogen-bond donors (Lipinski definition) is 0. The molecule has 0 unspecified atom stereocenters. The fourth-order valence-electron chi connectivity index (χ4n) is 1.33. The number of carbonyl (C=O) groups excluding carboxylic acids is 1. The number of benzene rings is 2. The molecular formula is C13H8FO3. The average molecular weight is 231 g/mol. The Morgan fingerprint density at radius 2 is 1.71 bits per heavy atom. The van der Waals surface area contributed by atoms with E-state index in [0.29, 0.717) is 11.5 Å². The van der Waals surface area contributed by atoms with Gasteiger partial charge in [-0.2, -0.15) is 0 Å². The van der Waals surface area contributed by atoms with Crippen molar-refractivity contribution in [1.82, 2.24) is 0 Å². The van der Waals surface area contributed by atoms with Crippen LogP contribution in [0.3, 0.4) is 0 Å². The Morgan fingerprint density at radius 1 is 1.00 bits per heavy atom. The molecule has 0 atom stereocenters. The summed E-state index contributed by atoms with van der Waals surface area (Å²) in [6.07, 6.45) is 0. The molecular weight excluding hydrogens is 223 g/mol. The fourth-order valence-corrected chi connectivity index (χ4v) is 1.33. The van der Waals surface area contributed by atoms with Crippen LogP contribution in [0.5, 0.6) is 11.5 Å². The summed E-state index contributed by atoms with van der Waals surface area (Å²) in [5.74, 6) is -0.858. The third-order valence-electron chi connectivity index (χ3n) is 2.12. The lowest BCUT2D eigenvalue weighted by molar-refractivity contribution is 0.0573. The Balaban J connectivity index is 2.16. The summed E-state index contributed by atoms with van der Waals surface area (Å²) < 4.78 is 18.2. The predicted molar refractivity (Wildman–Crippen MR) is 57.9 cm³/mol. The van der Waals surface area contributed by atoms with E-state index in [1.54, 1.807) is 6.07 Å². The summed E-state index contributed by atoms with van der Waals surface area (Å²) in [5.41, 5.74) is 0.0663. The van der Waals surface area contributed by atoms with Crippen molar-refractivity contribution in [2.75, 3.05) is 0 Å². The largest absolute Gasteiger partial charge is 0.457 e. The van der Waals surface area contributed by atoms with E-state index in [1.165, 1.54) is 42.5 Å². The number of hydrogen-bond acceptors (Lipinski definition) is 2. The van der Waals surface area contributed by atoms with E-state index in [4.69, 9.17) is 4.74 Å². The van der Waals surface area contributed by atoms with E-state index < -0.39 is 11.8 Å². The Hall–Kier alpha value is -2.36. The molecule has 0 spiro atoms. The highest BCUT2D eigenvalue weighted by atomic mass is 19.1. The zero-order chi connectivity index (χ0) is 12.3. The first-order valence-corrected chi connectivity index (χ1v) is 4.90. The van der Waals surface area contributed by atoms with Crippen LogP contribution in [0.25, 0.3) is 0 Å². The molecule has 3 nitrogen and oxygen atoms in total. The van der Waals surface area contributed by atoms with Crippen molar-refractivity contribution in [1.29, 1.82) is 0 Å². The van der Waals surface area contributed by atoms with Crippen LogP contribution in [0.15, 0.2) is 48.5 Å². The van der Waals surface area contributed by atoms with Crippen LogP contribution in [-0.2, 0) is 5.11 Å². The summed E-state index contributed by atoms with van der Waals surface area (Å²) in [6.45, 7) is 0. The Labute approximate surface area is 97.1 Å². The molecule has 85 valence electrons. The summed E-state index contributed by atoms with van der Waals surface area (Å²) in [6, 6.07) is 11.4. The number of ether oxygens (including phenoxy) is 1. The van der Waals surface area contributed by atoms with Crippen LogP contribution in [0.1, 0.15) is 10.4 Å². The molecule has 2 aromatic rings. The molecule has 0 aliphatic rings. The van der Waals surface area contributed by atoms with Crippen LogP contribution < -0.4 is 4.74 Å². The molecule has 0 bridgehead atoms. The van der Waals surface area contributed by atoms with E-state index in [2.05, 4.69) is 0 Å². The Morgan fingerprint density at radius 3 is 2.29 bits per heavy atom. The lowest BCUT2D eigenvalue weighted by Crippen LogP contribution is -1.93. The molecule has 0 saturated carbocycles. The molecule has 4 heteroatoms.